The highest BCUT2D eigenvalue weighted by molar-refractivity contribution is 7.22. The van der Waals surface area contributed by atoms with Crippen LogP contribution in [0.3, 0.4) is 0 Å². The number of carbonyl (C=O) groups excluding carboxylic acids is 1. The molecule has 0 saturated heterocycles. The van der Waals surface area contributed by atoms with E-state index in [4.69, 9.17) is 16.3 Å². The number of aromatic nitrogens is 1. The molecule has 2 aromatic carbocycles. The van der Waals surface area contributed by atoms with E-state index in [9.17, 15) is 4.79 Å². The van der Waals surface area contributed by atoms with Gasteiger partial charge in [-0.3, -0.25) is 9.69 Å². The van der Waals surface area contributed by atoms with Crippen molar-refractivity contribution in [1.82, 2.24) is 9.88 Å². The Bertz CT molecular complexity index is 946. The maximum Gasteiger partial charge on any atom is 0.263 e. The van der Waals surface area contributed by atoms with E-state index in [1.807, 2.05) is 44.4 Å². The monoisotopic (exact) mass is 439 g/mol. The molecule has 150 valence electrons. The summed E-state index contributed by atoms with van der Waals surface area (Å²) in [5.41, 5.74) is 1.25. The van der Waals surface area contributed by atoms with Gasteiger partial charge in [-0.05, 0) is 51.3 Å². The second-order valence-corrected chi connectivity index (χ2v) is 7.81. The van der Waals surface area contributed by atoms with Gasteiger partial charge in [0, 0.05) is 6.54 Å². The number of nitrogens with zero attached hydrogens (tertiary/aromatic N) is 3. The molecule has 8 heteroatoms. The Balaban J connectivity index is 0.00000280. The molecule has 0 unspecified atom stereocenters. The molecule has 0 aliphatic carbocycles. The molecule has 0 atom stereocenters. The normalized spacial score (nSPS) is 10.8. The fourth-order valence-electron chi connectivity index (χ4n) is 2.81. The number of thiazole rings is 1. The predicted octanol–water partition coefficient (Wildman–Crippen LogP) is 4.98. The van der Waals surface area contributed by atoms with Crippen LogP contribution >= 0.6 is 35.3 Å². The molecule has 0 bridgehead atoms. The fraction of sp³-hybridized carbons (Fsp3) is 0.300. The first-order valence-electron chi connectivity index (χ1n) is 8.66. The fourth-order valence-corrected chi connectivity index (χ4v) is 4.10. The first-order valence-corrected chi connectivity index (χ1v) is 9.85. The number of benzene rings is 2. The van der Waals surface area contributed by atoms with E-state index in [1.165, 1.54) is 11.3 Å². The zero-order chi connectivity index (χ0) is 19.4. The molecule has 0 saturated carbocycles. The topological polar surface area (TPSA) is 45.7 Å². The number of carbonyl (C=O) groups is 1. The highest BCUT2D eigenvalue weighted by atomic mass is 35.5. The lowest BCUT2D eigenvalue weighted by atomic mass is 10.1. The van der Waals surface area contributed by atoms with E-state index in [1.54, 1.807) is 24.1 Å². The number of para-hydroxylation sites is 2. The summed E-state index contributed by atoms with van der Waals surface area (Å²) in [6.07, 6.45) is 0.831. The maximum atomic E-state index is 13.3. The van der Waals surface area contributed by atoms with Crippen molar-refractivity contribution in [3.63, 3.8) is 0 Å². The molecule has 3 aromatic rings. The van der Waals surface area contributed by atoms with Crippen molar-refractivity contribution in [2.75, 3.05) is 39.2 Å². The van der Waals surface area contributed by atoms with Gasteiger partial charge in [0.25, 0.3) is 5.91 Å². The van der Waals surface area contributed by atoms with Crippen LogP contribution in [0.1, 0.15) is 16.8 Å². The van der Waals surface area contributed by atoms with Gasteiger partial charge in [0.1, 0.15) is 11.3 Å². The molecular formula is C20H23Cl2N3O2S. The first-order chi connectivity index (χ1) is 13.0. The van der Waals surface area contributed by atoms with E-state index in [0.29, 0.717) is 28.0 Å². The Kier molecular flexibility index (Phi) is 8.07. The van der Waals surface area contributed by atoms with Gasteiger partial charge in [0.2, 0.25) is 0 Å². The summed E-state index contributed by atoms with van der Waals surface area (Å²) in [5, 5.41) is 1.24. The molecular weight excluding hydrogens is 417 g/mol. The molecule has 0 fully saturated rings. The van der Waals surface area contributed by atoms with Crippen molar-refractivity contribution in [3.05, 3.63) is 53.1 Å². The minimum absolute atomic E-state index is 0. The summed E-state index contributed by atoms with van der Waals surface area (Å²) in [7, 11) is 5.60. The number of anilines is 1. The van der Waals surface area contributed by atoms with Crippen molar-refractivity contribution >= 4 is 56.6 Å². The van der Waals surface area contributed by atoms with Crippen LogP contribution in [0.2, 0.25) is 5.02 Å². The smallest absolute Gasteiger partial charge is 0.263 e. The Hall–Kier alpha value is -1.86. The second kappa shape index (κ2) is 10.1. The molecule has 0 spiro atoms. The number of hydrogen-bond donors (Lipinski definition) is 0. The summed E-state index contributed by atoms with van der Waals surface area (Å²) < 4.78 is 6.34. The number of ether oxygens (including phenoxy) is 1. The summed E-state index contributed by atoms with van der Waals surface area (Å²) in [4.78, 5) is 21.8. The lowest BCUT2D eigenvalue weighted by Gasteiger charge is -2.22. The van der Waals surface area contributed by atoms with Crippen LogP contribution in [0.4, 0.5) is 5.13 Å². The van der Waals surface area contributed by atoms with Gasteiger partial charge in [-0.25, -0.2) is 4.98 Å². The Morgan fingerprint density at radius 3 is 2.57 bits per heavy atom. The van der Waals surface area contributed by atoms with E-state index >= 15 is 0 Å². The summed E-state index contributed by atoms with van der Waals surface area (Å²) in [6, 6.07) is 12.9. The quantitative estimate of drug-likeness (QED) is 0.520. The Morgan fingerprint density at radius 1 is 1.14 bits per heavy atom. The first kappa shape index (κ1) is 22.4. The Labute approximate surface area is 180 Å². The van der Waals surface area contributed by atoms with Crippen LogP contribution < -0.4 is 9.64 Å². The van der Waals surface area contributed by atoms with Crippen LogP contribution in [-0.2, 0) is 0 Å². The van der Waals surface area contributed by atoms with Crippen molar-refractivity contribution in [2.24, 2.45) is 0 Å². The molecule has 0 N–H and O–H groups in total. The lowest BCUT2D eigenvalue weighted by molar-refractivity contribution is 0.0983. The molecule has 5 nitrogen and oxygen atoms in total. The summed E-state index contributed by atoms with van der Waals surface area (Å²) >= 11 is 7.75. The molecule has 3 rings (SSSR count). The molecule has 0 radical (unpaired) electrons. The SMILES string of the molecule is COc1ccccc1C(=O)N(CCCN(C)C)c1nc2c(Cl)cccc2s1.Cl. The molecule has 0 aliphatic rings. The molecule has 1 heterocycles. The van der Waals surface area contributed by atoms with Gasteiger partial charge in [0.05, 0.1) is 22.4 Å². The third-order valence-corrected chi connectivity index (χ3v) is 5.51. The van der Waals surface area contributed by atoms with E-state index in [0.717, 1.165) is 23.2 Å². The number of hydrogen-bond acceptors (Lipinski definition) is 5. The summed E-state index contributed by atoms with van der Waals surface area (Å²) in [5.74, 6) is 0.431. The van der Waals surface area contributed by atoms with Gasteiger partial charge in [-0.15, -0.1) is 12.4 Å². The third kappa shape index (κ3) is 4.94. The average Bonchev–Trinajstić information content (AvgIpc) is 3.10. The van der Waals surface area contributed by atoms with Gasteiger partial charge in [-0.1, -0.05) is 41.1 Å². The molecule has 1 aromatic heterocycles. The minimum atomic E-state index is -0.124. The number of rotatable bonds is 7. The zero-order valence-corrected chi connectivity index (χ0v) is 18.4. The standard InChI is InChI=1S/C20H22ClN3O2S.ClH/c1-23(2)12-7-13-24(19(25)14-8-4-5-10-16(14)26-3)20-22-18-15(21)9-6-11-17(18)27-20;/h4-6,8-11H,7,12-13H2,1-3H3;1H. The maximum absolute atomic E-state index is 13.3. The largest absolute Gasteiger partial charge is 0.496 e. The number of methoxy groups -OCH3 is 1. The van der Waals surface area contributed by atoms with Crippen molar-refractivity contribution in [3.8, 4) is 5.75 Å². The third-order valence-electron chi connectivity index (χ3n) is 4.16. The van der Waals surface area contributed by atoms with Crippen LogP contribution in [0.15, 0.2) is 42.5 Å². The number of halogens is 2. The number of amides is 1. The molecule has 1 amide bonds. The van der Waals surface area contributed by atoms with Crippen molar-refractivity contribution in [1.29, 1.82) is 0 Å². The molecule has 0 aliphatic heterocycles. The Morgan fingerprint density at radius 2 is 1.89 bits per heavy atom. The zero-order valence-electron chi connectivity index (χ0n) is 16.0. The van der Waals surface area contributed by atoms with Crippen molar-refractivity contribution in [2.45, 2.75) is 6.42 Å². The predicted molar refractivity (Wildman–Crippen MR) is 120 cm³/mol. The van der Waals surface area contributed by atoms with Crippen LogP contribution in [0, 0.1) is 0 Å². The van der Waals surface area contributed by atoms with Gasteiger partial charge < -0.3 is 9.64 Å². The highest BCUT2D eigenvalue weighted by Crippen LogP contribution is 2.34. The van der Waals surface area contributed by atoms with Gasteiger partial charge in [-0.2, -0.15) is 0 Å². The van der Waals surface area contributed by atoms with E-state index in [2.05, 4.69) is 9.88 Å². The molecule has 28 heavy (non-hydrogen) atoms. The average molecular weight is 440 g/mol. The highest BCUT2D eigenvalue weighted by Gasteiger charge is 2.24. The van der Waals surface area contributed by atoms with Crippen LogP contribution in [0.5, 0.6) is 5.75 Å². The van der Waals surface area contributed by atoms with Crippen LogP contribution in [0.25, 0.3) is 10.2 Å². The van der Waals surface area contributed by atoms with Crippen LogP contribution in [-0.4, -0.2) is 50.1 Å². The second-order valence-electron chi connectivity index (χ2n) is 6.40. The minimum Gasteiger partial charge on any atom is -0.496 e. The number of fused-ring (bicyclic) bond motifs is 1. The lowest BCUT2D eigenvalue weighted by Crippen LogP contribution is -2.33. The van der Waals surface area contributed by atoms with E-state index < -0.39 is 0 Å². The van der Waals surface area contributed by atoms with Crippen molar-refractivity contribution < 1.29 is 9.53 Å². The van der Waals surface area contributed by atoms with E-state index in [-0.39, 0.29) is 18.3 Å². The van der Waals surface area contributed by atoms with Gasteiger partial charge in [0.15, 0.2) is 5.13 Å². The summed E-state index contributed by atoms with van der Waals surface area (Å²) in [6.45, 7) is 1.44. The van der Waals surface area contributed by atoms with Gasteiger partial charge >= 0.3 is 0 Å².